The highest BCUT2D eigenvalue weighted by molar-refractivity contribution is 14.1. The number of rotatable bonds is 5. The molecule has 2 heterocycles. The lowest BCUT2D eigenvalue weighted by molar-refractivity contribution is -0.157. The number of carbonyl (C=O) groups excluding carboxylic acids is 2. The molecular formula is C16H23IN2O5S. The Morgan fingerprint density at radius 3 is 2.40 bits per heavy atom. The molecule has 7 nitrogen and oxygen atoms in total. The van der Waals surface area contributed by atoms with Crippen molar-refractivity contribution in [1.82, 2.24) is 9.47 Å². The Kier molecular flexibility index (Phi) is 5.31. The molecule has 0 radical (unpaired) electrons. The number of carbonyl (C=O) groups is 2. The second-order valence-corrected chi connectivity index (χ2v) is 11.2. The first kappa shape index (κ1) is 20.2. The lowest BCUT2D eigenvalue weighted by atomic mass is 10.1. The van der Waals surface area contributed by atoms with E-state index in [1.165, 1.54) is 6.92 Å². The summed E-state index contributed by atoms with van der Waals surface area (Å²) in [5, 5.41) is 0. The Morgan fingerprint density at radius 2 is 1.92 bits per heavy atom. The van der Waals surface area contributed by atoms with Crippen LogP contribution in [0.4, 0.5) is 4.79 Å². The highest BCUT2D eigenvalue weighted by atomic mass is 127. The molecule has 1 atom stereocenters. The van der Waals surface area contributed by atoms with Crippen LogP contribution < -0.4 is 0 Å². The maximum absolute atomic E-state index is 12.5. The quantitative estimate of drug-likeness (QED) is 0.476. The van der Waals surface area contributed by atoms with Gasteiger partial charge in [0.2, 0.25) is 0 Å². The molecule has 140 valence electrons. The van der Waals surface area contributed by atoms with Gasteiger partial charge in [0, 0.05) is 28.3 Å². The van der Waals surface area contributed by atoms with Gasteiger partial charge in [-0.1, -0.05) is 0 Å². The first-order valence-corrected chi connectivity index (χ1v) is 10.8. The number of fused-ring (bicyclic) bond motifs is 1. The van der Waals surface area contributed by atoms with Crippen molar-refractivity contribution in [3.05, 3.63) is 21.5 Å². The van der Waals surface area contributed by atoms with Crippen molar-refractivity contribution in [2.24, 2.45) is 0 Å². The summed E-state index contributed by atoms with van der Waals surface area (Å²) in [6.07, 6.45) is 2.74. The summed E-state index contributed by atoms with van der Waals surface area (Å²) in [5.74, 6) is -0.789. The smallest absolute Gasteiger partial charge is 0.328 e. The van der Waals surface area contributed by atoms with E-state index in [2.05, 4.69) is 22.6 Å². The molecule has 0 fully saturated rings. The second-order valence-electron chi connectivity index (χ2n) is 7.48. The van der Waals surface area contributed by atoms with Crippen LogP contribution in [0.1, 0.15) is 39.8 Å². The number of hydrogen-bond acceptors (Lipinski definition) is 5. The van der Waals surface area contributed by atoms with Gasteiger partial charge >= 0.3 is 12.0 Å². The average Bonchev–Trinajstić information content (AvgIpc) is 2.91. The van der Waals surface area contributed by atoms with E-state index < -0.39 is 26.2 Å². The number of ether oxygens (including phenoxy) is 1. The molecule has 1 aliphatic heterocycles. The van der Waals surface area contributed by atoms with E-state index in [1.807, 2.05) is 6.07 Å². The molecule has 0 bridgehead atoms. The Hall–Kier alpha value is -1.10. The number of halogens is 1. The van der Waals surface area contributed by atoms with Gasteiger partial charge in [0.15, 0.2) is 14.6 Å². The molecule has 1 aliphatic rings. The Balaban J connectivity index is 2.16. The van der Waals surface area contributed by atoms with Crippen LogP contribution in [0.25, 0.3) is 0 Å². The standard InChI is InChI=1S/C16H23IN2O5S/c1-15(2,3)24-13(20)16(4,25(5,22)23)6-7-18-10-12-8-11(17)9-19(12)14(18)21/h8-9H,6-7,10H2,1-5H3. The number of amides is 1. The summed E-state index contributed by atoms with van der Waals surface area (Å²) in [6, 6.07) is 1.69. The zero-order chi connectivity index (χ0) is 19.2. The second kappa shape index (κ2) is 6.57. The summed E-state index contributed by atoms with van der Waals surface area (Å²) < 4.78 is 30.7. The van der Waals surface area contributed by atoms with Crippen LogP contribution in [0.15, 0.2) is 12.3 Å². The molecule has 0 aliphatic carbocycles. The molecule has 0 aromatic carbocycles. The Labute approximate surface area is 161 Å². The minimum Gasteiger partial charge on any atom is -0.459 e. The lowest BCUT2D eigenvalue weighted by Crippen LogP contribution is -2.49. The van der Waals surface area contributed by atoms with Crippen molar-refractivity contribution in [2.45, 2.75) is 51.0 Å². The maximum atomic E-state index is 12.5. The highest BCUT2D eigenvalue weighted by Gasteiger charge is 2.47. The largest absolute Gasteiger partial charge is 0.459 e. The molecular weight excluding hydrogens is 459 g/mol. The highest BCUT2D eigenvalue weighted by Crippen LogP contribution is 2.28. The Morgan fingerprint density at radius 1 is 1.32 bits per heavy atom. The molecule has 0 N–H and O–H groups in total. The predicted molar refractivity (Wildman–Crippen MR) is 102 cm³/mol. The summed E-state index contributed by atoms with van der Waals surface area (Å²) in [4.78, 5) is 26.5. The van der Waals surface area contributed by atoms with E-state index in [1.54, 1.807) is 36.4 Å². The van der Waals surface area contributed by atoms with Gasteiger partial charge in [-0.25, -0.2) is 13.2 Å². The van der Waals surface area contributed by atoms with Crippen molar-refractivity contribution < 1.29 is 22.7 Å². The Bertz CT molecular complexity index is 809. The van der Waals surface area contributed by atoms with Crippen LogP contribution in [-0.4, -0.2) is 53.0 Å². The van der Waals surface area contributed by atoms with Crippen LogP contribution in [0.2, 0.25) is 0 Å². The third-order valence-electron chi connectivity index (χ3n) is 4.20. The van der Waals surface area contributed by atoms with Gasteiger partial charge in [0.05, 0.1) is 6.54 Å². The fourth-order valence-electron chi connectivity index (χ4n) is 2.54. The van der Waals surface area contributed by atoms with Crippen molar-refractivity contribution in [3.8, 4) is 0 Å². The molecule has 0 saturated carbocycles. The summed E-state index contributed by atoms with van der Waals surface area (Å²) in [7, 11) is -3.73. The van der Waals surface area contributed by atoms with Crippen LogP contribution >= 0.6 is 22.6 Å². The fraction of sp³-hybridized carbons (Fsp3) is 0.625. The van der Waals surface area contributed by atoms with Gasteiger partial charge in [-0.15, -0.1) is 0 Å². The van der Waals surface area contributed by atoms with E-state index in [9.17, 15) is 18.0 Å². The first-order chi connectivity index (χ1) is 11.2. The summed E-state index contributed by atoms with van der Waals surface area (Å²) in [5.41, 5.74) is 0.0642. The van der Waals surface area contributed by atoms with E-state index >= 15 is 0 Å². The van der Waals surface area contributed by atoms with E-state index in [0.717, 1.165) is 15.5 Å². The van der Waals surface area contributed by atoms with Crippen molar-refractivity contribution >= 4 is 44.4 Å². The number of esters is 1. The van der Waals surface area contributed by atoms with Crippen molar-refractivity contribution in [2.75, 3.05) is 12.8 Å². The average molecular weight is 482 g/mol. The molecule has 1 aromatic rings. The van der Waals surface area contributed by atoms with Crippen LogP contribution in [-0.2, 0) is 25.9 Å². The van der Waals surface area contributed by atoms with E-state index in [0.29, 0.717) is 6.54 Å². The minimum absolute atomic E-state index is 0.0194. The molecule has 25 heavy (non-hydrogen) atoms. The topological polar surface area (TPSA) is 85.7 Å². The van der Waals surface area contributed by atoms with Gasteiger partial charge in [0.25, 0.3) is 0 Å². The van der Waals surface area contributed by atoms with Crippen molar-refractivity contribution in [3.63, 3.8) is 0 Å². The van der Waals surface area contributed by atoms with Crippen molar-refractivity contribution in [1.29, 1.82) is 0 Å². The maximum Gasteiger partial charge on any atom is 0.328 e. The normalized spacial score (nSPS) is 17.4. The first-order valence-electron chi connectivity index (χ1n) is 7.84. The summed E-state index contributed by atoms with van der Waals surface area (Å²) in [6.45, 7) is 6.97. The lowest BCUT2D eigenvalue weighted by Gasteiger charge is -2.31. The van der Waals surface area contributed by atoms with Crippen LogP contribution in [0, 0.1) is 3.57 Å². The number of hydrogen-bond donors (Lipinski definition) is 0. The zero-order valence-corrected chi connectivity index (χ0v) is 18.0. The van der Waals surface area contributed by atoms with Gasteiger partial charge in [0.1, 0.15) is 5.60 Å². The van der Waals surface area contributed by atoms with Crippen LogP contribution in [0.3, 0.4) is 0 Å². The third-order valence-corrected chi connectivity index (χ3v) is 6.80. The number of sulfone groups is 1. The fourth-order valence-corrected chi connectivity index (χ4v) is 3.98. The molecule has 1 amide bonds. The zero-order valence-electron chi connectivity index (χ0n) is 15.0. The molecule has 9 heteroatoms. The number of aromatic nitrogens is 1. The van der Waals surface area contributed by atoms with Gasteiger partial charge < -0.3 is 9.64 Å². The van der Waals surface area contributed by atoms with Gasteiger partial charge in [-0.3, -0.25) is 9.36 Å². The molecule has 0 saturated heterocycles. The summed E-state index contributed by atoms with van der Waals surface area (Å²) >= 11 is 2.13. The van der Waals surface area contributed by atoms with E-state index in [4.69, 9.17) is 4.74 Å². The number of nitrogens with zero attached hydrogens (tertiary/aromatic N) is 2. The SMILES string of the molecule is CC(C)(C)OC(=O)C(C)(CCN1Cc2cc(I)cn2C1=O)S(C)(=O)=O. The van der Waals surface area contributed by atoms with Gasteiger partial charge in [-0.05, 0) is 62.8 Å². The van der Waals surface area contributed by atoms with E-state index in [-0.39, 0.29) is 19.0 Å². The molecule has 0 spiro atoms. The molecule has 2 rings (SSSR count). The van der Waals surface area contributed by atoms with Gasteiger partial charge in [-0.2, -0.15) is 0 Å². The monoisotopic (exact) mass is 482 g/mol. The third kappa shape index (κ3) is 4.18. The van der Waals surface area contributed by atoms with Crippen LogP contribution in [0.5, 0.6) is 0 Å². The molecule has 1 unspecified atom stereocenters. The minimum atomic E-state index is -3.73. The molecule has 1 aromatic heterocycles. The predicted octanol–water partition coefficient (Wildman–Crippen LogP) is 2.41.